The lowest BCUT2D eigenvalue weighted by Gasteiger charge is -2.23. The molecule has 2 radical (unpaired) electrons. The van der Waals surface area contributed by atoms with Gasteiger partial charge in [0.1, 0.15) is 5.75 Å². The molecule has 0 aliphatic carbocycles. The molecule has 0 amide bonds. The van der Waals surface area contributed by atoms with Crippen LogP contribution in [0.25, 0.3) is 0 Å². The third kappa shape index (κ3) is 5.43. The van der Waals surface area contributed by atoms with Crippen LogP contribution in [0.15, 0.2) is 18.2 Å². The number of aliphatic hydroxyl groups is 1. The smallest absolute Gasteiger partial charge is 0.120 e. The van der Waals surface area contributed by atoms with Gasteiger partial charge in [0.05, 0.1) is 26.2 Å². The van der Waals surface area contributed by atoms with Crippen molar-refractivity contribution < 1.29 is 9.84 Å². The van der Waals surface area contributed by atoms with E-state index in [9.17, 15) is 5.11 Å². The predicted octanol–water partition coefficient (Wildman–Crippen LogP) is 1.85. The Morgan fingerprint density at radius 1 is 1.43 bits per heavy atom. The molecule has 21 heavy (non-hydrogen) atoms. The summed E-state index contributed by atoms with van der Waals surface area (Å²) < 4.78 is 5.79. The van der Waals surface area contributed by atoms with Gasteiger partial charge in [0, 0.05) is 31.4 Å². The molecule has 1 aromatic rings. The van der Waals surface area contributed by atoms with E-state index in [0.29, 0.717) is 37.5 Å². The number of nitrogens with zero attached hydrogens (tertiary/aromatic N) is 1. The molecule has 1 saturated heterocycles. The number of rotatable bonds is 7. The first-order valence-corrected chi connectivity index (χ1v) is 9.02. The maximum absolute atomic E-state index is 9.22. The third-order valence-corrected chi connectivity index (χ3v) is 5.36. The van der Waals surface area contributed by atoms with Gasteiger partial charge in [-0.2, -0.15) is 0 Å². The number of benzene rings is 1. The van der Waals surface area contributed by atoms with Crippen LogP contribution in [0.5, 0.6) is 5.75 Å². The summed E-state index contributed by atoms with van der Waals surface area (Å²) in [6.07, 6.45) is 1.23. The number of likely N-dealkylation sites (tertiary alicyclic amines) is 1. The average molecular weight is 347 g/mol. The van der Waals surface area contributed by atoms with E-state index in [-0.39, 0.29) is 12.3 Å². The van der Waals surface area contributed by atoms with E-state index in [0.717, 1.165) is 26.1 Å². The van der Waals surface area contributed by atoms with Crippen LogP contribution >= 0.6 is 23.2 Å². The van der Waals surface area contributed by atoms with E-state index in [1.54, 1.807) is 18.2 Å². The maximum atomic E-state index is 9.22. The molecule has 1 heterocycles. The van der Waals surface area contributed by atoms with Crippen LogP contribution < -0.4 is 10.5 Å². The van der Waals surface area contributed by atoms with Gasteiger partial charge in [0.25, 0.3) is 0 Å². The van der Waals surface area contributed by atoms with Gasteiger partial charge in [-0.25, -0.2) is 0 Å². The van der Waals surface area contributed by atoms with Crippen molar-refractivity contribution in [2.75, 3.05) is 32.5 Å². The summed E-state index contributed by atoms with van der Waals surface area (Å²) in [6, 6.07) is 5.52. The first-order chi connectivity index (χ1) is 10.1. The lowest BCUT2D eigenvalue weighted by molar-refractivity contribution is 0.257. The molecule has 1 aliphatic heterocycles. The molecule has 2 rings (SSSR count). The van der Waals surface area contributed by atoms with Crippen molar-refractivity contribution in [3.63, 3.8) is 0 Å². The van der Waals surface area contributed by atoms with Crippen molar-refractivity contribution in [3.8, 4) is 5.75 Å². The highest BCUT2D eigenvalue weighted by Gasteiger charge is 2.22. The zero-order valence-electron chi connectivity index (χ0n) is 11.8. The van der Waals surface area contributed by atoms with Crippen LogP contribution in [0.3, 0.4) is 0 Å². The monoisotopic (exact) mass is 346 g/mol. The summed E-state index contributed by atoms with van der Waals surface area (Å²) in [5.74, 6) is 0.704. The molecule has 3 N–H and O–H groups in total. The molecule has 1 fully saturated rings. The normalized spacial score (nSPS) is 20.7. The minimum absolute atomic E-state index is 0.190. The second-order valence-electron chi connectivity index (χ2n) is 5.25. The predicted molar refractivity (Wildman–Crippen MR) is 87.6 cm³/mol. The minimum atomic E-state index is 0.190. The van der Waals surface area contributed by atoms with E-state index < -0.39 is 0 Å². The van der Waals surface area contributed by atoms with Crippen LogP contribution in [-0.2, 0) is 0 Å². The van der Waals surface area contributed by atoms with Crippen molar-refractivity contribution in [1.29, 1.82) is 0 Å². The summed E-state index contributed by atoms with van der Waals surface area (Å²) >= 11 is 11.9. The Balaban J connectivity index is 1.85. The fourth-order valence-corrected chi connectivity index (χ4v) is 3.54. The topological polar surface area (TPSA) is 58.7 Å². The first-order valence-electron chi connectivity index (χ1n) is 6.98. The highest BCUT2D eigenvalue weighted by Crippen LogP contribution is 2.27. The minimum Gasteiger partial charge on any atom is -0.494 e. The standard InChI is InChI=1S/C14H20Cl2N2O2Si/c15-13-2-1-11(5-14(13)16)20-8-12(21-9-19)7-18-4-3-10(17)6-18/h1-2,5,10,12,19H,3-4,6-9,17H2. The second kappa shape index (κ2) is 8.36. The number of nitrogens with two attached hydrogens (primary N) is 1. The lowest BCUT2D eigenvalue weighted by Crippen LogP contribution is -2.33. The zero-order chi connectivity index (χ0) is 15.2. The second-order valence-corrected chi connectivity index (χ2v) is 7.61. The molecule has 1 aromatic carbocycles. The van der Waals surface area contributed by atoms with Crippen LogP contribution in [0, 0.1) is 0 Å². The lowest BCUT2D eigenvalue weighted by atomic mass is 10.3. The van der Waals surface area contributed by atoms with Crippen molar-refractivity contribution in [1.82, 2.24) is 4.90 Å². The highest BCUT2D eigenvalue weighted by molar-refractivity contribution is 6.42. The number of hydrogen-bond acceptors (Lipinski definition) is 4. The Hall–Kier alpha value is -0.303. The molecule has 116 valence electrons. The van der Waals surface area contributed by atoms with E-state index in [1.165, 1.54) is 0 Å². The van der Waals surface area contributed by atoms with Gasteiger partial charge in [-0.15, -0.1) is 0 Å². The quantitative estimate of drug-likeness (QED) is 0.739. The molecule has 0 aromatic heterocycles. The molecule has 2 unspecified atom stereocenters. The zero-order valence-corrected chi connectivity index (χ0v) is 14.3. The van der Waals surface area contributed by atoms with Gasteiger partial charge in [-0.05, 0) is 30.6 Å². The Bertz CT molecular complexity index is 465. The van der Waals surface area contributed by atoms with Gasteiger partial charge in [-0.1, -0.05) is 23.2 Å². The molecule has 2 atom stereocenters. The number of aliphatic hydroxyl groups excluding tert-OH is 1. The van der Waals surface area contributed by atoms with E-state index in [1.807, 2.05) is 0 Å². The number of ether oxygens (including phenoxy) is 1. The van der Waals surface area contributed by atoms with E-state index >= 15 is 0 Å². The summed E-state index contributed by atoms with van der Waals surface area (Å²) in [4.78, 5) is 2.34. The van der Waals surface area contributed by atoms with E-state index in [4.69, 9.17) is 33.7 Å². The van der Waals surface area contributed by atoms with Crippen molar-refractivity contribution in [3.05, 3.63) is 28.2 Å². The fraction of sp³-hybridized carbons (Fsp3) is 0.571. The van der Waals surface area contributed by atoms with Crippen molar-refractivity contribution in [2.24, 2.45) is 5.73 Å². The Kier molecular flexibility index (Phi) is 6.79. The van der Waals surface area contributed by atoms with Crippen LogP contribution in [0.1, 0.15) is 6.42 Å². The van der Waals surface area contributed by atoms with Gasteiger partial charge >= 0.3 is 0 Å². The molecule has 4 nitrogen and oxygen atoms in total. The van der Waals surface area contributed by atoms with Crippen LogP contribution in [-0.4, -0.2) is 58.0 Å². The Morgan fingerprint density at radius 2 is 2.24 bits per heavy atom. The van der Waals surface area contributed by atoms with Crippen molar-refractivity contribution in [2.45, 2.75) is 18.0 Å². The van der Waals surface area contributed by atoms with Crippen LogP contribution in [0.2, 0.25) is 15.6 Å². The van der Waals surface area contributed by atoms with Gasteiger partial charge in [-0.3, -0.25) is 0 Å². The number of hydrogen-bond donors (Lipinski definition) is 2. The van der Waals surface area contributed by atoms with E-state index in [2.05, 4.69) is 4.90 Å². The average Bonchev–Trinajstić information content (AvgIpc) is 2.85. The summed E-state index contributed by atoms with van der Waals surface area (Å²) in [6.45, 7) is 3.43. The molecular formula is C14H20Cl2N2O2Si. The molecule has 0 spiro atoms. The number of halogens is 2. The summed E-state index contributed by atoms with van der Waals surface area (Å²) in [5.41, 5.74) is 6.22. The SMILES string of the molecule is NC1CCN(CC(COc2ccc(Cl)c(Cl)c2)[Si]CO)C1. The van der Waals surface area contributed by atoms with Crippen LogP contribution in [0.4, 0.5) is 0 Å². The molecule has 7 heteroatoms. The highest BCUT2D eigenvalue weighted by atomic mass is 35.5. The fourth-order valence-electron chi connectivity index (χ4n) is 2.41. The molecule has 0 bridgehead atoms. The largest absolute Gasteiger partial charge is 0.494 e. The third-order valence-electron chi connectivity index (χ3n) is 3.51. The summed E-state index contributed by atoms with van der Waals surface area (Å²) in [7, 11) is 0.460. The van der Waals surface area contributed by atoms with Crippen molar-refractivity contribution >= 4 is 32.7 Å². The molecule has 1 aliphatic rings. The maximum Gasteiger partial charge on any atom is 0.120 e. The molecule has 0 saturated carbocycles. The molecular weight excluding hydrogens is 327 g/mol. The Labute approximate surface area is 138 Å². The Morgan fingerprint density at radius 3 is 2.86 bits per heavy atom. The van der Waals surface area contributed by atoms with Gasteiger partial charge < -0.3 is 20.5 Å². The first kappa shape index (κ1) is 17.1. The van der Waals surface area contributed by atoms with Gasteiger partial charge in [0.2, 0.25) is 0 Å². The van der Waals surface area contributed by atoms with Gasteiger partial charge in [0.15, 0.2) is 0 Å². The summed E-state index contributed by atoms with van der Waals surface area (Å²) in [5, 5.41) is 10.2.